The molecule has 20 heavy (non-hydrogen) atoms. The van der Waals surface area contributed by atoms with Crippen LogP contribution in [0.1, 0.15) is 38.3 Å². The standard InChI is InChI=1S/C15H21ClN2O.ClH/c1-10(11(2)17)15(19)18-9-3-4-14(18)12-5-7-13(16)8-6-12;/h5-8,10-11,14H,3-4,9,17H2,1-2H3;1H. The van der Waals surface area contributed by atoms with Crippen molar-refractivity contribution in [2.75, 3.05) is 6.54 Å². The molecule has 3 atom stereocenters. The number of hydrogen-bond acceptors (Lipinski definition) is 2. The third-order valence-corrected chi connectivity index (χ3v) is 4.22. The minimum atomic E-state index is -0.132. The van der Waals surface area contributed by atoms with Crippen LogP contribution in [0.25, 0.3) is 0 Å². The number of benzene rings is 1. The molecule has 1 aromatic carbocycles. The predicted octanol–water partition coefficient (Wildman–Crippen LogP) is 3.41. The maximum atomic E-state index is 12.5. The van der Waals surface area contributed by atoms with Crippen LogP contribution in [0.4, 0.5) is 0 Å². The molecule has 0 radical (unpaired) electrons. The van der Waals surface area contributed by atoms with Crippen molar-refractivity contribution in [3.05, 3.63) is 34.9 Å². The Hall–Kier alpha value is -0.770. The fraction of sp³-hybridized carbons (Fsp3) is 0.533. The molecule has 112 valence electrons. The molecule has 0 spiro atoms. The highest BCUT2D eigenvalue weighted by molar-refractivity contribution is 6.30. The first-order valence-corrected chi connectivity index (χ1v) is 7.20. The molecule has 5 heteroatoms. The lowest BCUT2D eigenvalue weighted by atomic mass is 10.00. The Bertz CT molecular complexity index is 448. The van der Waals surface area contributed by atoms with Crippen molar-refractivity contribution in [1.29, 1.82) is 0 Å². The number of amides is 1. The SMILES string of the molecule is CC(N)C(C)C(=O)N1CCCC1c1ccc(Cl)cc1.Cl. The summed E-state index contributed by atoms with van der Waals surface area (Å²) in [5.74, 6) is 0.0281. The number of carbonyl (C=O) groups excluding carboxylic acids is 1. The quantitative estimate of drug-likeness (QED) is 0.928. The van der Waals surface area contributed by atoms with Crippen LogP contribution in [0.3, 0.4) is 0 Å². The molecule has 2 rings (SSSR count). The van der Waals surface area contributed by atoms with Gasteiger partial charge in [0.05, 0.1) is 12.0 Å². The number of hydrogen-bond donors (Lipinski definition) is 1. The highest BCUT2D eigenvalue weighted by atomic mass is 35.5. The van der Waals surface area contributed by atoms with E-state index in [1.54, 1.807) is 0 Å². The van der Waals surface area contributed by atoms with Crippen molar-refractivity contribution >= 4 is 29.9 Å². The average molecular weight is 317 g/mol. The van der Waals surface area contributed by atoms with E-state index in [4.69, 9.17) is 17.3 Å². The first-order chi connectivity index (χ1) is 9.00. The summed E-state index contributed by atoms with van der Waals surface area (Å²) in [5, 5.41) is 0.726. The Morgan fingerprint density at radius 3 is 2.50 bits per heavy atom. The number of rotatable bonds is 3. The van der Waals surface area contributed by atoms with Gasteiger partial charge in [-0.15, -0.1) is 12.4 Å². The van der Waals surface area contributed by atoms with E-state index in [0.717, 1.165) is 30.0 Å². The first-order valence-electron chi connectivity index (χ1n) is 6.82. The summed E-state index contributed by atoms with van der Waals surface area (Å²) in [6, 6.07) is 7.84. The number of nitrogens with zero attached hydrogens (tertiary/aromatic N) is 1. The number of carbonyl (C=O) groups is 1. The lowest BCUT2D eigenvalue weighted by Crippen LogP contribution is -2.41. The van der Waals surface area contributed by atoms with Crippen LogP contribution in [0.5, 0.6) is 0 Å². The number of nitrogens with two attached hydrogens (primary N) is 1. The smallest absolute Gasteiger partial charge is 0.227 e. The Balaban J connectivity index is 0.00000200. The Morgan fingerprint density at radius 2 is 1.95 bits per heavy atom. The molecule has 1 heterocycles. The largest absolute Gasteiger partial charge is 0.335 e. The van der Waals surface area contributed by atoms with Gasteiger partial charge in [0.1, 0.15) is 0 Å². The van der Waals surface area contributed by atoms with Crippen LogP contribution < -0.4 is 5.73 Å². The molecule has 0 aromatic heterocycles. The molecule has 1 fully saturated rings. The third-order valence-electron chi connectivity index (χ3n) is 3.97. The minimum Gasteiger partial charge on any atom is -0.335 e. The summed E-state index contributed by atoms with van der Waals surface area (Å²) in [5.41, 5.74) is 7.00. The van der Waals surface area contributed by atoms with Gasteiger partial charge in [0.2, 0.25) is 5.91 Å². The van der Waals surface area contributed by atoms with Gasteiger partial charge >= 0.3 is 0 Å². The molecule has 1 aliphatic rings. The first kappa shape index (κ1) is 17.3. The molecule has 1 saturated heterocycles. The van der Waals surface area contributed by atoms with Gasteiger partial charge in [0.15, 0.2) is 0 Å². The molecule has 2 N–H and O–H groups in total. The van der Waals surface area contributed by atoms with E-state index in [9.17, 15) is 4.79 Å². The lowest BCUT2D eigenvalue weighted by Gasteiger charge is -2.29. The molecule has 0 bridgehead atoms. The molecule has 0 saturated carbocycles. The number of halogens is 2. The van der Waals surface area contributed by atoms with Gasteiger partial charge in [0.25, 0.3) is 0 Å². The van der Waals surface area contributed by atoms with Crippen molar-refractivity contribution < 1.29 is 4.79 Å². The summed E-state index contributed by atoms with van der Waals surface area (Å²) in [6.07, 6.45) is 2.06. The van der Waals surface area contributed by atoms with Gasteiger partial charge in [-0.3, -0.25) is 4.79 Å². The van der Waals surface area contributed by atoms with E-state index in [-0.39, 0.29) is 36.3 Å². The van der Waals surface area contributed by atoms with Gasteiger partial charge in [-0.1, -0.05) is 30.7 Å². The van der Waals surface area contributed by atoms with Crippen molar-refractivity contribution in [3.63, 3.8) is 0 Å². The third kappa shape index (κ3) is 3.66. The maximum Gasteiger partial charge on any atom is 0.227 e. The lowest BCUT2D eigenvalue weighted by molar-refractivity contribution is -0.136. The summed E-state index contributed by atoms with van der Waals surface area (Å²) >= 11 is 5.91. The van der Waals surface area contributed by atoms with E-state index in [1.807, 2.05) is 43.0 Å². The van der Waals surface area contributed by atoms with Crippen LogP contribution in [-0.2, 0) is 4.79 Å². The van der Waals surface area contributed by atoms with Crippen molar-refractivity contribution in [3.8, 4) is 0 Å². The second-order valence-corrected chi connectivity index (χ2v) is 5.83. The van der Waals surface area contributed by atoms with Crippen molar-refractivity contribution in [1.82, 2.24) is 4.90 Å². The fourth-order valence-electron chi connectivity index (χ4n) is 2.55. The monoisotopic (exact) mass is 316 g/mol. The second-order valence-electron chi connectivity index (χ2n) is 5.39. The van der Waals surface area contributed by atoms with Gasteiger partial charge in [-0.25, -0.2) is 0 Å². The predicted molar refractivity (Wildman–Crippen MR) is 85.2 cm³/mol. The highest BCUT2D eigenvalue weighted by Gasteiger charge is 2.33. The maximum absolute atomic E-state index is 12.5. The molecule has 1 amide bonds. The number of likely N-dealkylation sites (tertiary alicyclic amines) is 1. The van der Waals surface area contributed by atoms with E-state index in [2.05, 4.69) is 0 Å². The van der Waals surface area contributed by atoms with Gasteiger partial charge in [-0.05, 0) is 37.5 Å². The summed E-state index contributed by atoms with van der Waals surface area (Å²) < 4.78 is 0. The van der Waals surface area contributed by atoms with Crippen LogP contribution >= 0.6 is 24.0 Å². The normalized spacial score (nSPS) is 21.2. The molecular formula is C15H22Cl2N2O. The Labute approximate surface area is 131 Å². The summed E-state index contributed by atoms with van der Waals surface area (Å²) in [7, 11) is 0. The minimum absolute atomic E-state index is 0. The fourth-order valence-corrected chi connectivity index (χ4v) is 2.67. The highest BCUT2D eigenvalue weighted by Crippen LogP contribution is 2.33. The second kappa shape index (κ2) is 7.30. The van der Waals surface area contributed by atoms with Crippen molar-refractivity contribution in [2.45, 2.75) is 38.8 Å². The zero-order chi connectivity index (χ0) is 14.0. The van der Waals surface area contributed by atoms with Gasteiger partial charge in [-0.2, -0.15) is 0 Å². The van der Waals surface area contributed by atoms with E-state index in [0.29, 0.717) is 0 Å². The molecule has 0 aliphatic carbocycles. The van der Waals surface area contributed by atoms with E-state index in [1.165, 1.54) is 0 Å². The zero-order valence-electron chi connectivity index (χ0n) is 11.9. The van der Waals surface area contributed by atoms with Crippen LogP contribution in [-0.4, -0.2) is 23.4 Å². The molecule has 3 unspecified atom stereocenters. The molecule has 1 aromatic rings. The molecule has 3 nitrogen and oxygen atoms in total. The Morgan fingerprint density at radius 1 is 1.35 bits per heavy atom. The zero-order valence-corrected chi connectivity index (χ0v) is 13.5. The summed E-state index contributed by atoms with van der Waals surface area (Å²) in [6.45, 7) is 4.61. The van der Waals surface area contributed by atoms with Gasteiger partial charge < -0.3 is 10.6 Å². The molecule has 1 aliphatic heterocycles. The topological polar surface area (TPSA) is 46.3 Å². The van der Waals surface area contributed by atoms with Crippen molar-refractivity contribution in [2.24, 2.45) is 11.7 Å². The molecular weight excluding hydrogens is 295 g/mol. The van der Waals surface area contributed by atoms with E-state index < -0.39 is 0 Å². The average Bonchev–Trinajstić information content (AvgIpc) is 2.87. The summed E-state index contributed by atoms with van der Waals surface area (Å²) in [4.78, 5) is 14.4. The van der Waals surface area contributed by atoms with Gasteiger partial charge in [0, 0.05) is 17.6 Å². The Kier molecular flexibility index (Phi) is 6.31. The van der Waals surface area contributed by atoms with Crippen LogP contribution in [0.2, 0.25) is 5.02 Å². The van der Waals surface area contributed by atoms with Crippen LogP contribution in [0, 0.1) is 5.92 Å². The van der Waals surface area contributed by atoms with E-state index >= 15 is 0 Å². The van der Waals surface area contributed by atoms with Crippen LogP contribution in [0.15, 0.2) is 24.3 Å².